The molecule has 4 aliphatic rings. The summed E-state index contributed by atoms with van der Waals surface area (Å²) in [7, 11) is 0. The van der Waals surface area contributed by atoms with E-state index in [0.29, 0.717) is 29.3 Å². The van der Waals surface area contributed by atoms with Gasteiger partial charge in [-0.3, -0.25) is 24.0 Å². The van der Waals surface area contributed by atoms with E-state index >= 15 is 0 Å². The Kier molecular flexibility index (Phi) is 10.9. The number of allylic oxidation sites excluding steroid dienone is 4. The van der Waals surface area contributed by atoms with Crippen molar-refractivity contribution in [3.63, 3.8) is 0 Å². The van der Waals surface area contributed by atoms with Gasteiger partial charge in [0, 0.05) is 28.5 Å². The van der Waals surface area contributed by atoms with Gasteiger partial charge in [0.1, 0.15) is 6.61 Å². The first-order valence-electron chi connectivity index (χ1n) is 17.3. The molecule has 12 nitrogen and oxygen atoms in total. The quantitative estimate of drug-likeness (QED) is 0.152. The Balaban J connectivity index is 1.13. The fraction of sp³-hybridized carbons (Fsp3) is 0.526. The van der Waals surface area contributed by atoms with Gasteiger partial charge in [-0.25, -0.2) is 5.43 Å². The number of nitrogens with zero attached hydrogens (tertiary/aromatic N) is 1. The van der Waals surface area contributed by atoms with Crippen LogP contribution in [0.15, 0.2) is 65.3 Å². The zero-order valence-corrected chi connectivity index (χ0v) is 29.3. The number of aliphatic hydroxyl groups is 2. The Morgan fingerprint density at radius 1 is 1.02 bits per heavy atom. The summed E-state index contributed by atoms with van der Waals surface area (Å²) in [6.45, 7) is 10.5. The summed E-state index contributed by atoms with van der Waals surface area (Å²) in [5.41, 5.74) is 5.25. The lowest BCUT2D eigenvalue weighted by Gasteiger charge is -2.58. The van der Waals surface area contributed by atoms with Crippen molar-refractivity contribution in [3.8, 4) is 0 Å². The monoisotopic (exact) mass is 687 g/mol. The molecule has 3 saturated carbocycles. The van der Waals surface area contributed by atoms with Gasteiger partial charge in [0.2, 0.25) is 23.6 Å². The van der Waals surface area contributed by atoms with Crippen molar-refractivity contribution in [3.05, 3.63) is 65.8 Å². The number of hydrogen-bond donors (Lipinski definition) is 6. The van der Waals surface area contributed by atoms with E-state index in [0.717, 1.165) is 19.3 Å². The molecule has 0 aliphatic heterocycles. The number of rotatable bonds is 11. The standard InChI is InChI=1S/C38H49N5O7/c1-21(2)36(50)40-18-32(48)39-19-33(49)41-25-9-6-23(7-10-25)15-31(47)43-42-26-12-13-37(4)24(16-26)8-11-27-28-14-22(3)34(30(46)20-44)38(28,5)17-29(45)35(27)37/h6-7,9-10,12-13,16,22,27-29,34-35,44-45H,1,8,11,14-15,17-20H2,2-5H3,(H,39,48)(H,40,50)(H,41,49)(H,43,47)/b42-26+/t22-,27+,28?,29+,34-,35?,37+,38+/m1/s1. The molecule has 3 fully saturated rings. The second-order valence-corrected chi connectivity index (χ2v) is 14.9. The molecule has 0 bridgehead atoms. The molecule has 0 saturated heterocycles. The van der Waals surface area contributed by atoms with E-state index in [1.807, 2.05) is 12.2 Å². The number of fused-ring (bicyclic) bond motifs is 5. The van der Waals surface area contributed by atoms with Crippen LogP contribution in [0.25, 0.3) is 0 Å². The number of anilines is 1. The van der Waals surface area contributed by atoms with Gasteiger partial charge < -0.3 is 26.2 Å². The Hall–Kier alpha value is -4.42. The number of carbonyl (C=O) groups is 5. The lowest BCUT2D eigenvalue weighted by molar-refractivity contribution is -0.142. The Labute approximate surface area is 292 Å². The molecule has 0 spiro atoms. The molecule has 1 aromatic rings. The number of amides is 4. The van der Waals surface area contributed by atoms with Gasteiger partial charge in [-0.1, -0.05) is 51.1 Å². The molecule has 0 aromatic heterocycles. The Bertz CT molecular complexity index is 1650. The predicted octanol–water partition coefficient (Wildman–Crippen LogP) is 2.58. The molecule has 5 rings (SSSR count). The van der Waals surface area contributed by atoms with E-state index in [1.54, 1.807) is 24.3 Å². The molecule has 12 heteroatoms. The van der Waals surface area contributed by atoms with Gasteiger partial charge in [0.25, 0.3) is 0 Å². The van der Waals surface area contributed by atoms with Crippen LogP contribution < -0.4 is 21.4 Å². The van der Waals surface area contributed by atoms with Crippen LogP contribution >= 0.6 is 0 Å². The molecular formula is C38H49N5O7. The minimum atomic E-state index is -0.579. The Morgan fingerprint density at radius 3 is 2.40 bits per heavy atom. The van der Waals surface area contributed by atoms with Crippen LogP contribution in [0.1, 0.15) is 58.9 Å². The topological polar surface area (TPSA) is 186 Å². The van der Waals surface area contributed by atoms with Crippen molar-refractivity contribution in [1.82, 2.24) is 16.1 Å². The number of benzene rings is 1. The molecule has 0 heterocycles. The fourth-order valence-corrected chi connectivity index (χ4v) is 9.37. The largest absolute Gasteiger partial charge is 0.393 e. The zero-order valence-electron chi connectivity index (χ0n) is 29.3. The van der Waals surface area contributed by atoms with Crippen LogP contribution in [0.3, 0.4) is 0 Å². The third-order valence-electron chi connectivity index (χ3n) is 11.5. The number of hydrogen-bond acceptors (Lipinski definition) is 8. The molecule has 0 radical (unpaired) electrons. The average molecular weight is 688 g/mol. The first-order chi connectivity index (χ1) is 23.7. The maximum absolute atomic E-state index is 12.8. The SMILES string of the molecule is C=C(C)C(=O)NCC(=O)NCC(=O)Nc1ccc(CC(=O)N/N=C2\C=C[C@@]3(C)C(=C2)CC[C@@H]2C3[C@@H](O)C[C@@]3(C)C2C[C@@H](C)[C@@H]3C(=O)CO)cc1. The highest BCUT2D eigenvalue weighted by Crippen LogP contribution is 2.67. The van der Waals surface area contributed by atoms with E-state index < -0.39 is 30.4 Å². The molecule has 8 atom stereocenters. The average Bonchev–Trinajstić information content (AvgIpc) is 3.34. The van der Waals surface area contributed by atoms with Crippen molar-refractivity contribution < 1.29 is 34.2 Å². The summed E-state index contributed by atoms with van der Waals surface area (Å²) in [6, 6.07) is 6.75. The van der Waals surface area contributed by atoms with E-state index in [2.05, 4.69) is 59.9 Å². The highest BCUT2D eigenvalue weighted by Gasteiger charge is 2.64. The van der Waals surface area contributed by atoms with E-state index in [1.165, 1.54) is 12.5 Å². The van der Waals surface area contributed by atoms with E-state index in [9.17, 15) is 34.2 Å². The minimum Gasteiger partial charge on any atom is -0.393 e. The summed E-state index contributed by atoms with van der Waals surface area (Å²) < 4.78 is 0. The highest BCUT2D eigenvalue weighted by molar-refractivity contribution is 6.06. The van der Waals surface area contributed by atoms with Crippen LogP contribution in [0, 0.1) is 40.4 Å². The van der Waals surface area contributed by atoms with E-state index in [-0.39, 0.29) is 71.3 Å². The summed E-state index contributed by atoms with van der Waals surface area (Å²) in [4.78, 5) is 61.1. The molecule has 2 unspecified atom stereocenters. The molecular weight excluding hydrogens is 638 g/mol. The Morgan fingerprint density at radius 2 is 1.72 bits per heavy atom. The second kappa shape index (κ2) is 14.8. The number of Topliss-reactive ketones (excluding diaryl/α,β-unsaturated/α-hetero) is 1. The van der Waals surface area contributed by atoms with Gasteiger partial charge in [-0.15, -0.1) is 0 Å². The van der Waals surface area contributed by atoms with Crippen molar-refractivity contribution in [2.45, 2.75) is 65.9 Å². The number of carbonyl (C=O) groups excluding carboxylic acids is 5. The van der Waals surface area contributed by atoms with Crippen LogP contribution in [-0.2, 0) is 30.4 Å². The van der Waals surface area contributed by atoms with Gasteiger partial charge >= 0.3 is 0 Å². The van der Waals surface area contributed by atoms with Crippen LogP contribution in [0.5, 0.6) is 0 Å². The van der Waals surface area contributed by atoms with Crippen LogP contribution in [-0.4, -0.2) is 71.1 Å². The number of nitrogens with one attached hydrogen (secondary N) is 4. The zero-order chi connectivity index (χ0) is 36.4. The maximum atomic E-state index is 12.8. The summed E-state index contributed by atoms with van der Waals surface area (Å²) in [6.07, 6.45) is 8.74. The van der Waals surface area contributed by atoms with Gasteiger partial charge in [0.15, 0.2) is 5.78 Å². The third kappa shape index (κ3) is 7.51. The summed E-state index contributed by atoms with van der Waals surface area (Å²) >= 11 is 0. The molecule has 4 amide bonds. The first-order valence-corrected chi connectivity index (χ1v) is 17.3. The molecule has 50 heavy (non-hydrogen) atoms. The van der Waals surface area contributed by atoms with Gasteiger partial charge in [-0.05, 0) is 85.6 Å². The molecule has 6 N–H and O–H groups in total. The summed E-state index contributed by atoms with van der Waals surface area (Å²) in [5, 5.41) is 33.2. The minimum absolute atomic E-state index is 0.00989. The molecule has 1 aromatic carbocycles. The number of aliphatic hydroxyl groups excluding tert-OH is 2. The number of hydrazone groups is 1. The van der Waals surface area contributed by atoms with Crippen LogP contribution in [0.2, 0.25) is 0 Å². The van der Waals surface area contributed by atoms with Crippen molar-refractivity contribution in [2.75, 3.05) is 25.0 Å². The third-order valence-corrected chi connectivity index (χ3v) is 11.5. The normalized spacial score (nSPS) is 31.7. The van der Waals surface area contributed by atoms with Crippen molar-refractivity contribution >= 4 is 40.8 Å². The van der Waals surface area contributed by atoms with Crippen molar-refractivity contribution in [1.29, 1.82) is 0 Å². The predicted molar refractivity (Wildman–Crippen MR) is 188 cm³/mol. The highest BCUT2D eigenvalue weighted by atomic mass is 16.3. The maximum Gasteiger partial charge on any atom is 0.246 e. The lowest BCUT2D eigenvalue weighted by atomic mass is 9.46. The molecule has 4 aliphatic carbocycles. The smallest absolute Gasteiger partial charge is 0.246 e. The lowest BCUT2D eigenvalue weighted by Crippen LogP contribution is -2.56. The molecule has 268 valence electrons. The van der Waals surface area contributed by atoms with Gasteiger partial charge in [-0.2, -0.15) is 5.10 Å². The van der Waals surface area contributed by atoms with Crippen molar-refractivity contribution in [2.24, 2.45) is 45.5 Å². The van der Waals surface area contributed by atoms with Crippen LogP contribution in [0.4, 0.5) is 5.69 Å². The second-order valence-electron chi connectivity index (χ2n) is 14.9. The van der Waals surface area contributed by atoms with E-state index in [4.69, 9.17) is 0 Å². The number of ketones is 1. The summed E-state index contributed by atoms with van der Waals surface area (Å²) in [5.74, 6) is -1.30. The fourth-order valence-electron chi connectivity index (χ4n) is 9.37. The first kappa shape index (κ1) is 36.9. The van der Waals surface area contributed by atoms with Gasteiger partial charge in [0.05, 0.1) is 31.3 Å².